The standard InChI is InChI=1S/C8H11Cl2NO/c1-3-5-8(9,10)7(12)11-6-4-2/h3-4H,1-2,5-6H2,(H,11,12). The van der Waals surface area contributed by atoms with Gasteiger partial charge in [-0.05, 0) is 0 Å². The van der Waals surface area contributed by atoms with Crippen molar-refractivity contribution in [2.24, 2.45) is 0 Å². The van der Waals surface area contributed by atoms with Gasteiger partial charge >= 0.3 is 0 Å². The summed E-state index contributed by atoms with van der Waals surface area (Å²) < 4.78 is -1.41. The molecule has 0 radical (unpaired) electrons. The van der Waals surface area contributed by atoms with Crippen molar-refractivity contribution in [1.82, 2.24) is 5.32 Å². The van der Waals surface area contributed by atoms with E-state index in [2.05, 4.69) is 18.5 Å². The second kappa shape index (κ2) is 5.22. The van der Waals surface area contributed by atoms with Crippen molar-refractivity contribution in [3.05, 3.63) is 25.3 Å². The first kappa shape index (κ1) is 11.5. The summed E-state index contributed by atoms with van der Waals surface area (Å²) in [7, 11) is 0. The van der Waals surface area contributed by atoms with Gasteiger partial charge in [0.05, 0.1) is 0 Å². The quantitative estimate of drug-likeness (QED) is 0.543. The molecule has 0 aromatic rings. The molecule has 12 heavy (non-hydrogen) atoms. The molecule has 0 aliphatic heterocycles. The highest BCUT2D eigenvalue weighted by Crippen LogP contribution is 2.25. The molecular weight excluding hydrogens is 197 g/mol. The molecule has 0 heterocycles. The molecular formula is C8H11Cl2NO. The highest BCUT2D eigenvalue weighted by Gasteiger charge is 2.31. The van der Waals surface area contributed by atoms with Crippen LogP contribution in [0, 0.1) is 0 Å². The van der Waals surface area contributed by atoms with E-state index in [1.807, 2.05) is 0 Å². The molecule has 0 aromatic carbocycles. The molecule has 2 nitrogen and oxygen atoms in total. The van der Waals surface area contributed by atoms with Gasteiger partial charge in [-0.15, -0.1) is 13.2 Å². The summed E-state index contributed by atoms with van der Waals surface area (Å²) in [6, 6.07) is 0. The van der Waals surface area contributed by atoms with Gasteiger partial charge in [-0.25, -0.2) is 0 Å². The van der Waals surface area contributed by atoms with Crippen molar-refractivity contribution in [3.8, 4) is 0 Å². The maximum Gasteiger partial charge on any atom is 0.257 e. The molecule has 0 bridgehead atoms. The number of halogens is 2. The van der Waals surface area contributed by atoms with Gasteiger partial charge in [-0.3, -0.25) is 4.79 Å². The summed E-state index contributed by atoms with van der Waals surface area (Å²) in [5.74, 6) is -0.425. The highest BCUT2D eigenvalue weighted by molar-refractivity contribution is 6.58. The maximum atomic E-state index is 11.1. The van der Waals surface area contributed by atoms with Crippen molar-refractivity contribution in [1.29, 1.82) is 0 Å². The van der Waals surface area contributed by atoms with E-state index in [0.29, 0.717) is 6.54 Å². The number of carbonyl (C=O) groups is 1. The first-order valence-corrected chi connectivity index (χ1v) is 4.18. The Morgan fingerprint density at radius 1 is 1.42 bits per heavy atom. The van der Waals surface area contributed by atoms with Crippen molar-refractivity contribution in [2.45, 2.75) is 10.8 Å². The van der Waals surface area contributed by atoms with E-state index in [-0.39, 0.29) is 6.42 Å². The minimum atomic E-state index is -1.41. The average molecular weight is 208 g/mol. The first-order chi connectivity index (χ1) is 5.54. The molecule has 0 saturated carbocycles. The summed E-state index contributed by atoms with van der Waals surface area (Å²) >= 11 is 11.3. The third-order valence-electron chi connectivity index (χ3n) is 1.14. The Balaban J connectivity index is 4.04. The van der Waals surface area contributed by atoms with Crippen LogP contribution >= 0.6 is 23.2 Å². The second-order valence-electron chi connectivity index (χ2n) is 2.20. The second-order valence-corrected chi connectivity index (χ2v) is 3.68. The third-order valence-corrected chi connectivity index (χ3v) is 1.79. The molecule has 68 valence electrons. The Kier molecular flexibility index (Phi) is 5.02. The highest BCUT2D eigenvalue weighted by atomic mass is 35.5. The van der Waals surface area contributed by atoms with E-state index < -0.39 is 10.2 Å². The van der Waals surface area contributed by atoms with Crippen LogP contribution in [0.5, 0.6) is 0 Å². The predicted octanol–water partition coefficient (Wildman–Crippen LogP) is 2.04. The van der Waals surface area contributed by atoms with Crippen molar-refractivity contribution in [3.63, 3.8) is 0 Å². The fraction of sp³-hybridized carbons (Fsp3) is 0.375. The molecule has 0 atom stereocenters. The monoisotopic (exact) mass is 207 g/mol. The zero-order valence-corrected chi connectivity index (χ0v) is 8.16. The Morgan fingerprint density at radius 2 is 2.00 bits per heavy atom. The third kappa shape index (κ3) is 3.79. The van der Waals surface area contributed by atoms with Crippen LogP contribution in [0.25, 0.3) is 0 Å². The molecule has 0 fully saturated rings. The Hall–Kier alpha value is -0.470. The first-order valence-electron chi connectivity index (χ1n) is 3.42. The molecule has 0 saturated heterocycles. The van der Waals surface area contributed by atoms with E-state index >= 15 is 0 Å². The van der Waals surface area contributed by atoms with E-state index in [9.17, 15) is 4.79 Å². The molecule has 0 spiro atoms. The van der Waals surface area contributed by atoms with Crippen LogP contribution < -0.4 is 5.32 Å². The minimum absolute atomic E-state index is 0.221. The van der Waals surface area contributed by atoms with E-state index in [1.165, 1.54) is 6.08 Å². The molecule has 0 rings (SSSR count). The normalized spacial score (nSPS) is 10.5. The summed E-state index contributed by atoms with van der Waals surface area (Å²) in [5, 5.41) is 2.49. The van der Waals surface area contributed by atoms with Crippen LogP contribution in [0.2, 0.25) is 0 Å². The van der Waals surface area contributed by atoms with Gasteiger partial charge in [0.2, 0.25) is 0 Å². The van der Waals surface area contributed by atoms with E-state index in [0.717, 1.165) is 0 Å². The van der Waals surface area contributed by atoms with Crippen LogP contribution in [0.3, 0.4) is 0 Å². The fourth-order valence-electron chi connectivity index (χ4n) is 0.568. The topological polar surface area (TPSA) is 29.1 Å². The number of carbonyl (C=O) groups excluding carboxylic acids is 1. The minimum Gasteiger partial charge on any atom is -0.350 e. The van der Waals surface area contributed by atoms with E-state index in [1.54, 1.807) is 6.08 Å². The molecule has 1 amide bonds. The lowest BCUT2D eigenvalue weighted by Crippen LogP contribution is -2.38. The molecule has 0 aromatic heterocycles. The number of rotatable bonds is 5. The number of allylic oxidation sites excluding steroid dienone is 1. The van der Waals surface area contributed by atoms with Gasteiger partial charge in [0, 0.05) is 13.0 Å². The zero-order chi connectivity index (χ0) is 9.61. The smallest absolute Gasteiger partial charge is 0.257 e. The predicted molar refractivity (Wildman–Crippen MR) is 52.5 cm³/mol. The summed E-state index contributed by atoms with van der Waals surface area (Å²) in [6.07, 6.45) is 3.27. The van der Waals surface area contributed by atoms with Gasteiger partial charge in [0.1, 0.15) is 0 Å². The molecule has 4 heteroatoms. The zero-order valence-electron chi connectivity index (χ0n) is 6.65. The average Bonchev–Trinajstić information content (AvgIpc) is 2.00. The summed E-state index contributed by atoms with van der Waals surface area (Å²) in [5.41, 5.74) is 0. The number of nitrogens with one attached hydrogen (secondary N) is 1. The lowest BCUT2D eigenvalue weighted by atomic mass is 10.3. The van der Waals surface area contributed by atoms with Gasteiger partial charge < -0.3 is 5.32 Å². The Labute approximate surface area is 82.2 Å². The lowest BCUT2D eigenvalue weighted by molar-refractivity contribution is -0.121. The molecule has 1 N–H and O–H groups in total. The van der Waals surface area contributed by atoms with E-state index in [4.69, 9.17) is 23.2 Å². The fourth-order valence-corrected chi connectivity index (χ4v) is 0.920. The lowest BCUT2D eigenvalue weighted by Gasteiger charge is -2.15. The molecule has 0 unspecified atom stereocenters. The van der Waals surface area contributed by atoms with Gasteiger partial charge in [-0.2, -0.15) is 0 Å². The summed E-state index contributed by atoms with van der Waals surface area (Å²) in [4.78, 5) is 11.1. The van der Waals surface area contributed by atoms with Crippen LogP contribution in [-0.4, -0.2) is 16.8 Å². The molecule has 0 aliphatic rings. The van der Waals surface area contributed by atoms with Crippen molar-refractivity contribution in [2.75, 3.05) is 6.54 Å². The van der Waals surface area contributed by atoms with Gasteiger partial charge in [0.25, 0.3) is 5.91 Å². The SMILES string of the molecule is C=CCNC(=O)C(Cl)(Cl)CC=C. The van der Waals surface area contributed by atoms with Crippen LogP contribution in [0.1, 0.15) is 6.42 Å². The van der Waals surface area contributed by atoms with Crippen LogP contribution in [0.4, 0.5) is 0 Å². The maximum absolute atomic E-state index is 11.1. The Bertz CT molecular complexity index is 189. The number of alkyl halides is 2. The summed E-state index contributed by atoms with van der Waals surface area (Å²) in [6.45, 7) is 7.24. The Morgan fingerprint density at radius 3 is 2.42 bits per heavy atom. The number of amides is 1. The van der Waals surface area contributed by atoms with Crippen LogP contribution in [0.15, 0.2) is 25.3 Å². The molecule has 0 aliphatic carbocycles. The van der Waals surface area contributed by atoms with Crippen LogP contribution in [-0.2, 0) is 4.79 Å². The number of hydrogen-bond acceptors (Lipinski definition) is 1. The van der Waals surface area contributed by atoms with Crippen molar-refractivity contribution >= 4 is 29.1 Å². The van der Waals surface area contributed by atoms with Gasteiger partial charge in [0.15, 0.2) is 4.33 Å². The largest absolute Gasteiger partial charge is 0.350 e. The number of hydrogen-bond donors (Lipinski definition) is 1. The van der Waals surface area contributed by atoms with Crippen molar-refractivity contribution < 1.29 is 4.79 Å². The van der Waals surface area contributed by atoms with Gasteiger partial charge in [-0.1, -0.05) is 35.4 Å².